The Kier molecular flexibility index (Phi) is 2.03. The first-order valence-electron chi connectivity index (χ1n) is 4.01. The van der Waals surface area contributed by atoms with Gasteiger partial charge in [-0.2, -0.15) is 0 Å². The van der Waals surface area contributed by atoms with E-state index in [0.29, 0.717) is 0 Å². The fourth-order valence-electron chi connectivity index (χ4n) is 1.33. The van der Waals surface area contributed by atoms with Gasteiger partial charge in [0.25, 0.3) is 0 Å². The van der Waals surface area contributed by atoms with Crippen molar-refractivity contribution >= 4 is 5.91 Å². The predicted molar refractivity (Wildman–Crippen MR) is 45.1 cm³/mol. The summed E-state index contributed by atoms with van der Waals surface area (Å²) in [6.45, 7) is 8.08. The normalized spacial score (nSPS) is 32.2. The highest BCUT2D eigenvalue weighted by Crippen LogP contribution is 2.21. The molecule has 0 fully saturated rings. The van der Waals surface area contributed by atoms with Gasteiger partial charge in [0.2, 0.25) is 5.91 Å². The molecule has 1 amide bonds. The second kappa shape index (κ2) is 2.68. The van der Waals surface area contributed by atoms with E-state index in [4.69, 9.17) is 0 Å². The lowest BCUT2D eigenvalue weighted by molar-refractivity contribution is -0.124. The lowest BCUT2D eigenvalue weighted by Crippen LogP contribution is -2.42. The van der Waals surface area contributed by atoms with Crippen LogP contribution in [0.5, 0.6) is 0 Å². The van der Waals surface area contributed by atoms with Crippen LogP contribution in [0.2, 0.25) is 0 Å². The van der Waals surface area contributed by atoms with Crippen molar-refractivity contribution in [3.63, 3.8) is 0 Å². The van der Waals surface area contributed by atoms with Gasteiger partial charge in [0.1, 0.15) is 0 Å². The average molecular weight is 153 g/mol. The number of carbonyl (C=O) groups is 1. The maximum Gasteiger partial charge on any atom is 0.227 e. The number of carbonyl (C=O) groups excluding carboxylic acids is 1. The van der Waals surface area contributed by atoms with E-state index in [1.807, 2.05) is 20.8 Å². The molecule has 2 nitrogen and oxygen atoms in total. The van der Waals surface area contributed by atoms with E-state index in [-0.39, 0.29) is 17.9 Å². The zero-order valence-electron chi connectivity index (χ0n) is 7.56. The fraction of sp³-hybridized carbons (Fsp3) is 0.667. The summed E-state index contributed by atoms with van der Waals surface area (Å²) in [5, 5.41) is 2.91. The van der Waals surface area contributed by atoms with E-state index in [1.165, 1.54) is 11.1 Å². The summed E-state index contributed by atoms with van der Waals surface area (Å²) in [6.07, 6.45) is 0. The molecular weight excluding hydrogens is 138 g/mol. The fourth-order valence-corrected chi connectivity index (χ4v) is 1.33. The van der Waals surface area contributed by atoms with Crippen molar-refractivity contribution in [2.24, 2.45) is 5.92 Å². The molecule has 1 heterocycles. The van der Waals surface area contributed by atoms with E-state index < -0.39 is 0 Å². The number of hydrogen-bond acceptors (Lipinski definition) is 1. The molecule has 62 valence electrons. The Bertz CT molecular complexity index is 218. The van der Waals surface area contributed by atoms with Gasteiger partial charge in [0, 0.05) is 6.04 Å². The molecule has 1 aliphatic heterocycles. The van der Waals surface area contributed by atoms with Crippen LogP contribution in [0, 0.1) is 5.92 Å². The van der Waals surface area contributed by atoms with Crippen LogP contribution in [-0.4, -0.2) is 11.9 Å². The Balaban J connectivity index is 2.98. The van der Waals surface area contributed by atoms with Crippen molar-refractivity contribution in [2.45, 2.75) is 33.7 Å². The highest BCUT2D eigenvalue weighted by atomic mass is 16.2. The molecule has 1 rings (SSSR count). The number of nitrogens with one attached hydrogen (secondary N) is 1. The Labute approximate surface area is 67.7 Å². The zero-order chi connectivity index (χ0) is 8.59. The SMILES string of the molecule is CC1=C(C)C(C)C(=O)NC1C. The van der Waals surface area contributed by atoms with Crippen molar-refractivity contribution in [3.8, 4) is 0 Å². The molecule has 2 atom stereocenters. The highest BCUT2D eigenvalue weighted by molar-refractivity contribution is 5.83. The Morgan fingerprint density at radius 2 is 1.73 bits per heavy atom. The largest absolute Gasteiger partial charge is 0.349 e. The van der Waals surface area contributed by atoms with Gasteiger partial charge >= 0.3 is 0 Å². The number of rotatable bonds is 0. The maximum absolute atomic E-state index is 11.2. The molecule has 0 aromatic heterocycles. The molecule has 0 spiro atoms. The molecule has 2 unspecified atom stereocenters. The van der Waals surface area contributed by atoms with E-state index in [1.54, 1.807) is 0 Å². The average Bonchev–Trinajstić information content (AvgIpc) is 1.97. The van der Waals surface area contributed by atoms with Gasteiger partial charge in [-0.25, -0.2) is 0 Å². The minimum Gasteiger partial charge on any atom is -0.349 e. The van der Waals surface area contributed by atoms with Gasteiger partial charge in [-0.3, -0.25) is 4.79 Å². The topological polar surface area (TPSA) is 29.1 Å². The van der Waals surface area contributed by atoms with Crippen LogP contribution in [0.3, 0.4) is 0 Å². The van der Waals surface area contributed by atoms with Crippen LogP contribution in [0.15, 0.2) is 11.1 Å². The smallest absolute Gasteiger partial charge is 0.227 e. The third kappa shape index (κ3) is 1.30. The Morgan fingerprint density at radius 3 is 2.27 bits per heavy atom. The van der Waals surface area contributed by atoms with Gasteiger partial charge in [-0.1, -0.05) is 11.1 Å². The third-order valence-corrected chi connectivity index (χ3v) is 2.67. The van der Waals surface area contributed by atoms with Gasteiger partial charge in [-0.15, -0.1) is 0 Å². The summed E-state index contributed by atoms with van der Waals surface area (Å²) in [7, 11) is 0. The van der Waals surface area contributed by atoms with Crippen molar-refractivity contribution in [3.05, 3.63) is 11.1 Å². The van der Waals surface area contributed by atoms with Gasteiger partial charge in [0.15, 0.2) is 0 Å². The van der Waals surface area contributed by atoms with E-state index in [9.17, 15) is 4.79 Å². The molecular formula is C9H15NO. The Hall–Kier alpha value is -0.790. The number of hydrogen-bond donors (Lipinski definition) is 1. The van der Waals surface area contributed by atoms with Crippen molar-refractivity contribution in [1.82, 2.24) is 5.32 Å². The summed E-state index contributed by atoms with van der Waals surface area (Å²) in [5.74, 6) is 0.215. The lowest BCUT2D eigenvalue weighted by atomic mass is 9.90. The van der Waals surface area contributed by atoms with Crippen LogP contribution in [0.25, 0.3) is 0 Å². The first-order valence-corrected chi connectivity index (χ1v) is 4.01. The first-order chi connectivity index (χ1) is 5.04. The Morgan fingerprint density at radius 1 is 1.18 bits per heavy atom. The van der Waals surface area contributed by atoms with Crippen molar-refractivity contribution in [2.75, 3.05) is 0 Å². The van der Waals surface area contributed by atoms with Crippen LogP contribution in [0.1, 0.15) is 27.7 Å². The highest BCUT2D eigenvalue weighted by Gasteiger charge is 2.24. The molecule has 0 saturated heterocycles. The minimum atomic E-state index is 0.0613. The summed E-state index contributed by atoms with van der Waals surface area (Å²) in [4.78, 5) is 11.2. The quantitative estimate of drug-likeness (QED) is 0.525. The van der Waals surface area contributed by atoms with Crippen LogP contribution in [-0.2, 0) is 4.79 Å². The monoisotopic (exact) mass is 153 g/mol. The summed E-state index contributed by atoms with van der Waals surface area (Å²) in [6, 6.07) is 0.221. The summed E-state index contributed by atoms with van der Waals surface area (Å²) < 4.78 is 0. The number of amides is 1. The predicted octanol–water partition coefficient (Wildman–Crippen LogP) is 1.48. The molecule has 0 aliphatic carbocycles. The van der Waals surface area contributed by atoms with Crippen LogP contribution >= 0.6 is 0 Å². The molecule has 0 radical (unpaired) electrons. The maximum atomic E-state index is 11.2. The van der Waals surface area contributed by atoms with Gasteiger partial charge < -0.3 is 5.32 Å². The molecule has 2 heteroatoms. The molecule has 11 heavy (non-hydrogen) atoms. The lowest BCUT2D eigenvalue weighted by Gasteiger charge is -2.27. The second-order valence-electron chi connectivity index (χ2n) is 3.32. The van der Waals surface area contributed by atoms with Crippen molar-refractivity contribution < 1.29 is 4.79 Å². The molecule has 1 N–H and O–H groups in total. The van der Waals surface area contributed by atoms with Crippen molar-refractivity contribution in [1.29, 1.82) is 0 Å². The molecule has 0 bridgehead atoms. The van der Waals surface area contributed by atoms with E-state index in [2.05, 4.69) is 12.2 Å². The van der Waals surface area contributed by atoms with Crippen LogP contribution < -0.4 is 5.32 Å². The third-order valence-electron chi connectivity index (χ3n) is 2.67. The molecule has 0 aromatic carbocycles. The first kappa shape index (κ1) is 8.31. The minimum absolute atomic E-state index is 0.0613. The van der Waals surface area contributed by atoms with E-state index in [0.717, 1.165) is 0 Å². The molecule has 0 aromatic rings. The summed E-state index contributed by atoms with van der Waals surface area (Å²) in [5.41, 5.74) is 2.53. The molecule has 0 saturated carbocycles. The van der Waals surface area contributed by atoms with E-state index >= 15 is 0 Å². The standard InChI is InChI=1S/C9H15NO/c1-5-6(2)8(4)10-9(11)7(5)3/h7-8H,1-4H3,(H,10,11). The zero-order valence-corrected chi connectivity index (χ0v) is 7.56. The van der Waals surface area contributed by atoms with Gasteiger partial charge in [-0.05, 0) is 27.7 Å². The van der Waals surface area contributed by atoms with Crippen LogP contribution in [0.4, 0.5) is 0 Å². The van der Waals surface area contributed by atoms with Gasteiger partial charge in [0.05, 0.1) is 5.92 Å². The second-order valence-corrected chi connectivity index (χ2v) is 3.32. The summed E-state index contributed by atoms with van der Waals surface area (Å²) >= 11 is 0. The molecule has 1 aliphatic rings.